The molecule has 1 atom stereocenters. The molecule has 8 nitrogen and oxygen atoms in total. The van der Waals surface area contributed by atoms with Gasteiger partial charge in [-0.25, -0.2) is 0 Å². The van der Waals surface area contributed by atoms with Gasteiger partial charge in [-0.05, 0) is 6.92 Å². The van der Waals surface area contributed by atoms with E-state index >= 15 is 0 Å². The van der Waals surface area contributed by atoms with Crippen LogP contribution in [-0.2, 0) is 24.5 Å². The van der Waals surface area contributed by atoms with Gasteiger partial charge in [0, 0.05) is 13.1 Å². The molecule has 0 bridgehead atoms. The van der Waals surface area contributed by atoms with Crippen LogP contribution in [0.25, 0.3) is 0 Å². The van der Waals surface area contributed by atoms with Crippen LogP contribution in [0.3, 0.4) is 0 Å². The van der Waals surface area contributed by atoms with E-state index in [-0.39, 0.29) is 44.1 Å². The van der Waals surface area contributed by atoms with Gasteiger partial charge in [-0.15, -0.1) is 0 Å². The van der Waals surface area contributed by atoms with Gasteiger partial charge in [0.1, 0.15) is 0 Å². The Balaban J connectivity index is -0.000000845. The maximum Gasteiger partial charge on any atom is 1.00 e. The fourth-order valence-corrected chi connectivity index (χ4v) is 2.09. The summed E-state index contributed by atoms with van der Waals surface area (Å²) < 4.78 is 53.3. The Morgan fingerprint density at radius 3 is 2.27 bits per heavy atom. The molecular formula is C4H13N2NaO6S2. The van der Waals surface area contributed by atoms with Crippen LogP contribution in [0.1, 0.15) is 8.35 Å². The van der Waals surface area contributed by atoms with Crippen molar-refractivity contribution in [1.29, 1.82) is 0 Å². The number of nitrogens with one attached hydrogen (secondary N) is 1. The molecule has 0 aliphatic heterocycles. The molecule has 0 aromatic carbocycles. The smallest absolute Gasteiger partial charge is 1.00 e. The van der Waals surface area contributed by atoms with Gasteiger partial charge in [-0.2, -0.15) is 26.6 Å². The number of nitrogens with two attached hydrogens (primary N) is 1. The van der Waals surface area contributed by atoms with Crippen molar-refractivity contribution in [2.24, 2.45) is 5.73 Å². The molecular weight excluding hydrogens is 259 g/mol. The van der Waals surface area contributed by atoms with Crippen LogP contribution in [0.2, 0.25) is 0 Å². The van der Waals surface area contributed by atoms with Crippen LogP contribution < -0.4 is 40.8 Å². The molecule has 11 heteroatoms. The number of hydrogen-bond acceptors (Lipinski definition) is 7. The van der Waals surface area contributed by atoms with Gasteiger partial charge in [-0.3, -0.25) is 4.55 Å². The van der Waals surface area contributed by atoms with E-state index < -0.39 is 24.8 Å². The monoisotopic (exact) mass is 272 g/mol. The third-order valence-electron chi connectivity index (χ3n) is 1.25. The minimum absolute atomic E-state index is 0. The van der Waals surface area contributed by atoms with Crippen molar-refractivity contribution in [3.63, 3.8) is 0 Å². The Morgan fingerprint density at radius 1 is 1.47 bits per heavy atom. The third-order valence-corrected chi connectivity index (χ3v) is 4.69. The van der Waals surface area contributed by atoms with Gasteiger partial charge in [0.2, 0.25) is 4.58 Å². The fraction of sp³-hybridized carbons (Fsp3) is 1.00. The van der Waals surface area contributed by atoms with Crippen molar-refractivity contribution in [3.05, 3.63) is 0 Å². The second-order valence-corrected chi connectivity index (χ2v) is 6.24. The molecule has 0 aromatic rings. The van der Waals surface area contributed by atoms with E-state index in [0.29, 0.717) is 0 Å². The zero-order valence-corrected chi connectivity index (χ0v) is 12.0. The molecule has 0 radical (unpaired) electrons. The summed E-state index contributed by atoms with van der Waals surface area (Å²) >= 11 is 0. The zero-order chi connectivity index (χ0) is 11.4. The fourth-order valence-electron chi connectivity index (χ4n) is 0.399. The van der Waals surface area contributed by atoms with Gasteiger partial charge in [0.05, 0.1) is 0 Å². The second-order valence-electron chi connectivity index (χ2n) is 2.34. The minimum atomic E-state index is -4.68. The molecule has 1 unspecified atom stereocenters. The first kappa shape index (κ1) is 18.1. The van der Waals surface area contributed by atoms with Crippen molar-refractivity contribution in [1.82, 2.24) is 5.48 Å². The van der Waals surface area contributed by atoms with E-state index in [1.165, 1.54) is 0 Å². The molecule has 0 rings (SSSR count). The predicted octanol–water partition coefficient (Wildman–Crippen LogP) is -4.85. The Bertz CT molecular complexity index is 370. The summed E-state index contributed by atoms with van der Waals surface area (Å²) in [5.41, 5.74) is 6.95. The first-order chi connectivity index (χ1) is 6.22. The van der Waals surface area contributed by atoms with Crippen molar-refractivity contribution < 1.29 is 56.7 Å². The van der Waals surface area contributed by atoms with Gasteiger partial charge >= 0.3 is 39.7 Å². The predicted molar refractivity (Wildman–Crippen MR) is 49.2 cm³/mol. The van der Waals surface area contributed by atoms with E-state index in [2.05, 4.69) is 4.28 Å². The minimum Gasteiger partial charge on any atom is -1.00 e. The SMILES string of the molecule is CC(S(=O)(=O)O)S(=O)(=O)ONCCN.[H-].[Na+]. The van der Waals surface area contributed by atoms with Crippen LogP contribution in [0.15, 0.2) is 0 Å². The molecule has 0 heterocycles. The van der Waals surface area contributed by atoms with Crippen LogP contribution >= 0.6 is 0 Å². The van der Waals surface area contributed by atoms with Crippen LogP contribution in [-0.4, -0.2) is 39.1 Å². The number of rotatable bonds is 6. The summed E-state index contributed by atoms with van der Waals surface area (Å²) in [6.45, 7) is 0.946. The van der Waals surface area contributed by atoms with E-state index in [0.717, 1.165) is 6.92 Å². The summed E-state index contributed by atoms with van der Waals surface area (Å²) in [6.07, 6.45) is 0. The Hall–Kier alpha value is 0.740. The average molecular weight is 272 g/mol. The molecule has 15 heavy (non-hydrogen) atoms. The Labute approximate surface area is 112 Å². The van der Waals surface area contributed by atoms with Crippen molar-refractivity contribution in [3.8, 4) is 0 Å². The molecule has 4 N–H and O–H groups in total. The Kier molecular flexibility index (Phi) is 8.62. The number of hydrogen-bond donors (Lipinski definition) is 3. The topological polar surface area (TPSA) is 136 Å². The normalized spacial score (nSPS) is 14.3. The summed E-state index contributed by atoms with van der Waals surface area (Å²) in [5.74, 6) is 0. The molecule has 0 aliphatic rings. The van der Waals surface area contributed by atoms with Gasteiger partial charge in [0.25, 0.3) is 10.1 Å². The van der Waals surface area contributed by atoms with Crippen LogP contribution in [0, 0.1) is 0 Å². The van der Waals surface area contributed by atoms with Gasteiger partial charge in [-0.1, -0.05) is 0 Å². The molecule has 0 aliphatic carbocycles. The summed E-state index contributed by atoms with van der Waals surface area (Å²) in [6, 6.07) is 0. The molecule has 0 amide bonds. The molecule has 0 fully saturated rings. The number of hydroxylamine groups is 1. The average Bonchev–Trinajstić information content (AvgIpc) is 2.01. The zero-order valence-electron chi connectivity index (χ0n) is 9.37. The van der Waals surface area contributed by atoms with E-state index in [9.17, 15) is 16.8 Å². The first-order valence-corrected chi connectivity index (χ1v) is 6.51. The molecule has 0 saturated heterocycles. The van der Waals surface area contributed by atoms with Crippen molar-refractivity contribution in [2.75, 3.05) is 13.1 Å². The standard InChI is InChI=1S/C4H12N2O6S2.Na.H/c1-4(13(7,8)9)14(10,11)12-6-3-2-5;;/h4,6H,2-3,5H2,1H3,(H,7,8,9);;/q;+1;-1. The van der Waals surface area contributed by atoms with E-state index in [1.54, 1.807) is 0 Å². The third kappa shape index (κ3) is 6.81. The van der Waals surface area contributed by atoms with Crippen LogP contribution in [0.4, 0.5) is 0 Å². The molecule has 0 aromatic heterocycles. The van der Waals surface area contributed by atoms with Crippen LogP contribution in [0.5, 0.6) is 0 Å². The van der Waals surface area contributed by atoms with E-state index in [4.69, 9.17) is 10.3 Å². The quantitative estimate of drug-likeness (QED) is 0.189. The summed E-state index contributed by atoms with van der Waals surface area (Å²) in [5, 5.41) is 0. The van der Waals surface area contributed by atoms with Crippen molar-refractivity contribution >= 4 is 20.2 Å². The van der Waals surface area contributed by atoms with Crippen molar-refractivity contribution in [2.45, 2.75) is 11.5 Å². The summed E-state index contributed by atoms with van der Waals surface area (Å²) in [4.78, 5) is 0. The first-order valence-electron chi connectivity index (χ1n) is 3.53. The maximum absolute atomic E-state index is 11.0. The Morgan fingerprint density at radius 2 is 1.93 bits per heavy atom. The van der Waals surface area contributed by atoms with Gasteiger partial charge in [0.15, 0.2) is 0 Å². The van der Waals surface area contributed by atoms with Gasteiger partial charge < -0.3 is 7.16 Å². The van der Waals surface area contributed by atoms with E-state index in [1.807, 2.05) is 5.48 Å². The molecule has 0 spiro atoms. The largest absolute Gasteiger partial charge is 1.00 e. The molecule has 88 valence electrons. The summed E-state index contributed by atoms with van der Waals surface area (Å²) in [7, 11) is -9.08. The molecule has 0 saturated carbocycles. The second kappa shape index (κ2) is 7.14. The maximum atomic E-state index is 11.0.